The van der Waals surface area contributed by atoms with Crippen molar-refractivity contribution in [3.63, 3.8) is 0 Å². The number of nitrogens with one attached hydrogen (secondary N) is 1. The molecular formula is C14H16Br2INO. The summed E-state index contributed by atoms with van der Waals surface area (Å²) in [4.78, 5) is 12.7. The van der Waals surface area contributed by atoms with Crippen molar-refractivity contribution in [1.82, 2.24) is 5.32 Å². The molecule has 104 valence electrons. The maximum Gasteiger partial charge on any atom is 0.252 e. The normalized spacial score (nSPS) is 23.1. The molecule has 1 aliphatic carbocycles. The van der Waals surface area contributed by atoms with Gasteiger partial charge in [0.2, 0.25) is 0 Å². The molecule has 2 nitrogen and oxygen atoms in total. The fourth-order valence-electron chi connectivity index (χ4n) is 2.38. The largest absolute Gasteiger partial charge is 0.352 e. The number of carbonyl (C=O) groups is 1. The SMILES string of the molecule is O=C(NCC1CCCCC1Br)c1cc(I)ccc1Br. The van der Waals surface area contributed by atoms with Crippen LogP contribution in [0.1, 0.15) is 36.0 Å². The van der Waals surface area contributed by atoms with Crippen molar-refractivity contribution in [2.75, 3.05) is 6.54 Å². The Kier molecular flexibility index (Phi) is 6.14. The van der Waals surface area contributed by atoms with Crippen molar-refractivity contribution in [1.29, 1.82) is 0 Å². The van der Waals surface area contributed by atoms with Gasteiger partial charge in [-0.15, -0.1) is 0 Å². The molecule has 2 unspecified atom stereocenters. The lowest BCUT2D eigenvalue weighted by molar-refractivity contribution is 0.0943. The number of hydrogen-bond donors (Lipinski definition) is 1. The van der Waals surface area contributed by atoms with Gasteiger partial charge in [0, 0.05) is 19.4 Å². The third-order valence-electron chi connectivity index (χ3n) is 3.51. The highest BCUT2D eigenvalue weighted by Gasteiger charge is 2.23. The molecule has 19 heavy (non-hydrogen) atoms. The van der Waals surface area contributed by atoms with Crippen LogP contribution in [0.5, 0.6) is 0 Å². The second-order valence-corrected chi connectivity index (χ2v) is 8.17. The summed E-state index contributed by atoms with van der Waals surface area (Å²) < 4.78 is 1.92. The zero-order chi connectivity index (χ0) is 13.8. The summed E-state index contributed by atoms with van der Waals surface area (Å²) in [5.74, 6) is 0.565. The van der Waals surface area contributed by atoms with Gasteiger partial charge in [-0.25, -0.2) is 0 Å². The highest BCUT2D eigenvalue weighted by Crippen LogP contribution is 2.29. The van der Waals surface area contributed by atoms with E-state index in [1.165, 1.54) is 25.7 Å². The fraction of sp³-hybridized carbons (Fsp3) is 0.500. The molecule has 0 aromatic heterocycles. The molecule has 1 aromatic rings. The quantitative estimate of drug-likeness (QED) is 0.471. The van der Waals surface area contributed by atoms with Gasteiger partial charge >= 0.3 is 0 Å². The number of hydrogen-bond acceptors (Lipinski definition) is 1. The molecule has 1 fully saturated rings. The fourth-order valence-corrected chi connectivity index (χ4v) is 4.08. The molecule has 0 aliphatic heterocycles. The number of amides is 1. The molecule has 1 saturated carbocycles. The van der Waals surface area contributed by atoms with Crippen LogP contribution in [0.4, 0.5) is 0 Å². The van der Waals surface area contributed by atoms with E-state index in [9.17, 15) is 4.79 Å². The van der Waals surface area contributed by atoms with Crippen LogP contribution in [0.25, 0.3) is 0 Å². The van der Waals surface area contributed by atoms with Gasteiger partial charge in [-0.2, -0.15) is 0 Å². The summed E-state index contributed by atoms with van der Waals surface area (Å²) in [6, 6.07) is 5.81. The third-order valence-corrected chi connectivity index (χ3v) is 6.08. The van der Waals surface area contributed by atoms with Gasteiger partial charge in [0.15, 0.2) is 0 Å². The molecule has 5 heteroatoms. The Balaban J connectivity index is 1.95. The molecule has 0 saturated heterocycles. The maximum atomic E-state index is 12.2. The first-order valence-electron chi connectivity index (χ1n) is 6.45. The molecule has 1 aromatic carbocycles. The van der Waals surface area contributed by atoms with E-state index in [1.807, 2.05) is 18.2 Å². The van der Waals surface area contributed by atoms with E-state index in [0.29, 0.717) is 16.3 Å². The van der Waals surface area contributed by atoms with Gasteiger partial charge in [-0.3, -0.25) is 4.79 Å². The number of benzene rings is 1. The molecule has 2 rings (SSSR count). The van der Waals surface area contributed by atoms with Crippen molar-refractivity contribution < 1.29 is 4.79 Å². The van der Waals surface area contributed by atoms with Gasteiger partial charge < -0.3 is 5.32 Å². The minimum Gasteiger partial charge on any atom is -0.352 e. The van der Waals surface area contributed by atoms with Gasteiger partial charge in [0.25, 0.3) is 5.91 Å². The van der Waals surface area contributed by atoms with Crippen molar-refractivity contribution in [2.45, 2.75) is 30.5 Å². The topological polar surface area (TPSA) is 29.1 Å². The van der Waals surface area contributed by atoms with Crippen molar-refractivity contribution in [3.05, 3.63) is 31.8 Å². The van der Waals surface area contributed by atoms with Gasteiger partial charge in [-0.05, 0) is 75.5 Å². The lowest BCUT2D eigenvalue weighted by atomic mass is 9.89. The molecule has 0 heterocycles. The average Bonchev–Trinajstić information content (AvgIpc) is 2.40. The Labute approximate surface area is 144 Å². The Bertz CT molecular complexity index is 467. The Hall–Kier alpha value is 0.380. The zero-order valence-electron chi connectivity index (χ0n) is 10.5. The summed E-state index contributed by atoms with van der Waals surface area (Å²) >= 11 is 9.38. The van der Waals surface area contributed by atoms with E-state index in [0.717, 1.165) is 14.6 Å². The van der Waals surface area contributed by atoms with E-state index in [1.54, 1.807) is 0 Å². The highest BCUT2D eigenvalue weighted by atomic mass is 127. The highest BCUT2D eigenvalue weighted by molar-refractivity contribution is 14.1. The molecule has 0 radical (unpaired) electrons. The van der Waals surface area contributed by atoms with Crippen molar-refractivity contribution in [3.8, 4) is 0 Å². The van der Waals surface area contributed by atoms with E-state index >= 15 is 0 Å². The standard InChI is InChI=1S/C14H16Br2INO/c15-12-4-2-1-3-9(12)8-18-14(19)11-7-10(17)5-6-13(11)16/h5-7,9,12H,1-4,8H2,(H,18,19). The monoisotopic (exact) mass is 499 g/mol. The predicted octanol–water partition coefficient (Wildman–Crippen LogP) is 4.74. The minimum absolute atomic E-state index is 0.00987. The van der Waals surface area contributed by atoms with Crippen LogP contribution < -0.4 is 5.32 Å². The Morgan fingerprint density at radius 1 is 1.37 bits per heavy atom. The van der Waals surface area contributed by atoms with E-state index in [-0.39, 0.29) is 5.91 Å². The van der Waals surface area contributed by atoms with Crippen LogP contribution in [-0.4, -0.2) is 17.3 Å². The lowest BCUT2D eigenvalue weighted by Gasteiger charge is -2.27. The second kappa shape index (κ2) is 7.41. The average molecular weight is 501 g/mol. The van der Waals surface area contributed by atoms with Crippen LogP contribution >= 0.6 is 54.5 Å². The van der Waals surface area contributed by atoms with Crippen molar-refractivity contribution in [2.24, 2.45) is 5.92 Å². The first kappa shape index (κ1) is 15.8. The predicted molar refractivity (Wildman–Crippen MR) is 93.9 cm³/mol. The molecular weight excluding hydrogens is 485 g/mol. The molecule has 0 bridgehead atoms. The molecule has 1 N–H and O–H groups in total. The number of alkyl halides is 1. The van der Waals surface area contributed by atoms with E-state index in [2.05, 4.69) is 59.8 Å². The number of halogens is 3. The number of carbonyl (C=O) groups excluding carboxylic acids is 1. The van der Waals surface area contributed by atoms with E-state index < -0.39 is 0 Å². The zero-order valence-corrected chi connectivity index (χ0v) is 15.8. The van der Waals surface area contributed by atoms with Gasteiger partial charge in [0.1, 0.15) is 0 Å². The van der Waals surface area contributed by atoms with Gasteiger partial charge in [0.05, 0.1) is 5.56 Å². The molecule has 2 atom stereocenters. The summed E-state index contributed by atoms with van der Waals surface area (Å²) in [7, 11) is 0. The van der Waals surface area contributed by atoms with Gasteiger partial charge in [-0.1, -0.05) is 28.8 Å². The van der Waals surface area contributed by atoms with Crippen LogP contribution in [0, 0.1) is 9.49 Å². The first-order chi connectivity index (χ1) is 9.08. The van der Waals surface area contributed by atoms with Crippen LogP contribution in [0.3, 0.4) is 0 Å². The Morgan fingerprint density at radius 2 is 2.11 bits per heavy atom. The summed E-state index contributed by atoms with van der Waals surface area (Å²) in [5, 5.41) is 3.06. The van der Waals surface area contributed by atoms with Crippen LogP contribution in [0.15, 0.2) is 22.7 Å². The van der Waals surface area contributed by atoms with Crippen molar-refractivity contribution >= 4 is 60.4 Å². The summed E-state index contributed by atoms with van der Waals surface area (Å²) in [6.45, 7) is 0.757. The molecule has 0 spiro atoms. The van der Waals surface area contributed by atoms with Crippen LogP contribution in [-0.2, 0) is 0 Å². The first-order valence-corrected chi connectivity index (χ1v) is 9.24. The maximum absolute atomic E-state index is 12.2. The minimum atomic E-state index is 0.00987. The Morgan fingerprint density at radius 3 is 2.84 bits per heavy atom. The second-order valence-electron chi connectivity index (χ2n) is 4.89. The van der Waals surface area contributed by atoms with Crippen LogP contribution in [0.2, 0.25) is 0 Å². The molecule has 1 aliphatic rings. The third kappa shape index (κ3) is 4.43. The van der Waals surface area contributed by atoms with E-state index in [4.69, 9.17) is 0 Å². The summed E-state index contributed by atoms with van der Waals surface area (Å²) in [6.07, 6.45) is 4.98. The number of rotatable bonds is 3. The lowest BCUT2D eigenvalue weighted by Crippen LogP contribution is -2.34. The summed E-state index contributed by atoms with van der Waals surface area (Å²) in [5.41, 5.74) is 0.717. The smallest absolute Gasteiger partial charge is 0.252 e. The molecule has 1 amide bonds.